The molecule has 15 nitrogen and oxygen atoms in total. The van der Waals surface area contributed by atoms with Gasteiger partial charge in [-0.3, -0.25) is 23.2 Å². The van der Waals surface area contributed by atoms with Crippen molar-refractivity contribution >= 4 is 47.7 Å². The van der Waals surface area contributed by atoms with Crippen LogP contribution in [0, 0.1) is 5.41 Å². The lowest BCUT2D eigenvalue weighted by molar-refractivity contribution is -0.147. The Balaban J connectivity index is 1.40. The first-order chi connectivity index (χ1) is 24.2. The first-order valence-corrected chi connectivity index (χ1v) is 19.4. The maximum absolute atomic E-state index is 15.9. The average Bonchev–Trinajstić information content (AvgIpc) is 3.61. The molecule has 0 saturated carbocycles. The van der Waals surface area contributed by atoms with Gasteiger partial charge in [0.1, 0.15) is 18.3 Å². The van der Waals surface area contributed by atoms with Gasteiger partial charge < -0.3 is 25.1 Å². The second-order valence-electron chi connectivity index (χ2n) is 12.9. The molecule has 282 valence electrons. The van der Waals surface area contributed by atoms with Gasteiger partial charge in [0.2, 0.25) is 11.8 Å². The van der Waals surface area contributed by atoms with Crippen LogP contribution in [0.15, 0.2) is 36.7 Å². The number of hydrogen-bond acceptors (Lipinski definition) is 14. The minimum Gasteiger partial charge on any atom is -0.476 e. The third-order valence-electron chi connectivity index (χ3n) is 8.15. The largest absolute Gasteiger partial charge is 0.476 e. The number of nitrogens with one attached hydrogen (secondary N) is 1. The number of nitrogen functional groups attached to an aromatic ring is 1. The van der Waals surface area contributed by atoms with Crippen LogP contribution in [-0.2, 0) is 39.2 Å². The second kappa shape index (κ2) is 18.0. The van der Waals surface area contributed by atoms with Crippen LogP contribution < -0.4 is 15.6 Å². The van der Waals surface area contributed by atoms with Gasteiger partial charge in [-0.25, -0.2) is 19.0 Å². The number of ether oxygens (including phenoxy) is 3. The molecule has 4 rings (SSSR count). The third kappa shape index (κ3) is 10.7. The highest BCUT2D eigenvalue weighted by molar-refractivity contribution is 8.13. The molecule has 2 aromatic heterocycles. The zero-order valence-corrected chi connectivity index (χ0v) is 31.3. The molecule has 1 saturated heterocycles. The maximum Gasteiger partial charge on any atom is 0.405 e. The van der Waals surface area contributed by atoms with Crippen molar-refractivity contribution < 1.29 is 46.9 Å². The zero-order chi connectivity index (χ0) is 37.2. The number of nitrogens with two attached hydrogens (primary N) is 1. The zero-order valence-electron chi connectivity index (χ0n) is 29.6. The van der Waals surface area contributed by atoms with Gasteiger partial charge in [0.15, 0.2) is 28.7 Å². The number of rotatable bonds is 20. The molecule has 1 aromatic carbocycles. The van der Waals surface area contributed by atoms with E-state index in [0.29, 0.717) is 6.42 Å². The van der Waals surface area contributed by atoms with E-state index in [-0.39, 0.29) is 66.2 Å². The highest BCUT2D eigenvalue weighted by Gasteiger charge is 2.55. The lowest BCUT2D eigenvalue weighted by Crippen LogP contribution is -2.44. The van der Waals surface area contributed by atoms with Gasteiger partial charge >= 0.3 is 13.7 Å². The molecule has 5 atom stereocenters. The van der Waals surface area contributed by atoms with E-state index < -0.39 is 43.9 Å². The van der Waals surface area contributed by atoms with E-state index in [1.807, 2.05) is 37.3 Å². The quantitative estimate of drug-likeness (QED) is 0.0778. The molecular weight excluding hydrogens is 706 g/mol. The predicted octanol–water partition coefficient (Wildman–Crippen LogP) is 5.13. The Labute approximate surface area is 301 Å². The van der Waals surface area contributed by atoms with Crippen molar-refractivity contribution in [3.05, 3.63) is 42.2 Å². The summed E-state index contributed by atoms with van der Waals surface area (Å²) in [6.45, 7) is 8.04. The van der Waals surface area contributed by atoms with E-state index in [2.05, 4.69) is 20.0 Å². The van der Waals surface area contributed by atoms with Crippen LogP contribution in [0.2, 0.25) is 0 Å². The van der Waals surface area contributed by atoms with Crippen LogP contribution in [0.3, 0.4) is 0 Å². The van der Waals surface area contributed by atoms with Gasteiger partial charge in [-0.1, -0.05) is 61.9 Å². The van der Waals surface area contributed by atoms with E-state index >= 15 is 4.39 Å². The van der Waals surface area contributed by atoms with Crippen LogP contribution in [-0.4, -0.2) is 85.8 Å². The third-order valence-corrected chi connectivity index (χ3v) is 10.9. The topological polar surface area (TPSA) is 199 Å². The number of unbranched alkanes of at least 4 members (excludes halogenated alkanes) is 2. The van der Waals surface area contributed by atoms with Gasteiger partial charge in [-0.15, -0.1) is 0 Å². The Hall–Kier alpha value is -3.18. The van der Waals surface area contributed by atoms with Crippen molar-refractivity contribution in [1.29, 1.82) is 0 Å². The number of esters is 1. The lowest BCUT2D eigenvalue weighted by Gasteiger charge is -2.27. The molecular formula is C33H48FN6O9PS. The van der Waals surface area contributed by atoms with Gasteiger partial charge in [0, 0.05) is 18.7 Å². The number of thioether (sulfide) groups is 1. The fourth-order valence-electron chi connectivity index (χ4n) is 5.06. The number of hydrogen-bond donors (Lipinski definition) is 3. The summed E-state index contributed by atoms with van der Waals surface area (Å²) in [5.74, 6) is -0.239. The highest BCUT2D eigenvalue weighted by atomic mass is 32.2. The van der Waals surface area contributed by atoms with Crippen LogP contribution in [0.5, 0.6) is 5.88 Å². The van der Waals surface area contributed by atoms with Crippen LogP contribution in [0.1, 0.15) is 72.1 Å². The molecule has 0 amide bonds. The van der Waals surface area contributed by atoms with Crippen molar-refractivity contribution in [2.24, 2.45) is 5.41 Å². The number of benzene rings is 1. The van der Waals surface area contributed by atoms with Gasteiger partial charge in [0.05, 0.1) is 31.6 Å². The lowest BCUT2D eigenvalue weighted by atomic mass is 9.96. The Bertz CT molecular complexity index is 1660. The number of fused-ring (bicyclic) bond motifs is 1. The highest BCUT2D eigenvalue weighted by Crippen LogP contribution is 2.47. The first-order valence-electron chi connectivity index (χ1n) is 16.9. The fourth-order valence-corrected chi connectivity index (χ4v) is 7.28. The summed E-state index contributed by atoms with van der Waals surface area (Å²) in [7, 11) is -4.12. The summed E-state index contributed by atoms with van der Waals surface area (Å²) in [6, 6.07) is 9.10. The van der Waals surface area contributed by atoms with Gasteiger partial charge in [0.25, 0.3) is 0 Å². The molecule has 1 aliphatic heterocycles. The molecule has 51 heavy (non-hydrogen) atoms. The van der Waals surface area contributed by atoms with Gasteiger partial charge in [-0.05, 0) is 39.7 Å². The number of halogens is 1. The van der Waals surface area contributed by atoms with Crippen LogP contribution >= 0.6 is 19.5 Å². The SMILES string of the molecule is CCCCCC(=O)OCC(C)(C)C(=O)SCCOP(=O)(NCc1ccccc1)OCC1OC(n2cnc3c(OCC)nc(N)nc32)[C@H](F)[C@@]1(C)O. The minimum absolute atomic E-state index is 0.0638. The standard InChI is InChI=1S/C33H48FN6O9PS/c1-6-8-10-15-24(41)46-20-32(3,4)30(42)51-17-16-47-50(44,37-18-22-13-11-9-12-14-22)48-19-23-33(5,43)26(34)29(49-23)40-21-36-25-27(40)38-31(35)39-28(25)45-7-2/h9,11-14,21,23,26,29,43H,6-8,10,15-20H2,1-5H3,(H,37,44)(H2,35,38,39)/t23?,26-,29?,33-,50?/m0/s1. The monoisotopic (exact) mass is 754 g/mol. The van der Waals surface area contributed by atoms with Crippen LogP contribution in [0.4, 0.5) is 10.3 Å². The molecule has 1 fully saturated rings. The van der Waals surface area contributed by atoms with Gasteiger partial charge in [-0.2, -0.15) is 9.97 Å². The summed E-state index contributed by atoms with van der Waals surface area (Å²) in [5.41, 5.74) is 3.95. The molecule has 4 N–H and O–H groups in total. The first kappa shape index (κ1) is 40.6. The number of anilines is 1. The Morgan fingerprint density at radius 2 is 1.94 bits per heavy atom. The van der Waals surface area contributed by atoms with Crippen molar-refractivity contribution in [3.8, 4) is 5.88 Å². The maximum atomic E-state index is 15.9. The molecule has 3 aromatic rings. The molecule has 0 aliphatic carbocycles. The Kier molecular flexibility index (Phi) is 14.4. The Morgan fingerprint density at radius 3 is 2.65 bits per heavy atom. The molecule has 0 spiro atoms. The number of nitrogens with zero attached hydrogens (tertiary/aromatic N) is 4. The van der Waals surface area contributed by atoms with E-state index in [1.165, 1.54) is 17.8 Å². The van der Waals surface area contributed by atoms with Crippen molar-refractivity contribution in [1.82, 2.24) is 24.6 Å². The summed E-state index contributed by atoms with van der Waals surface area (Å²) in [4.78, 5) is 37.4. The molecule has 1 aliphatic rings. The summed E-state index contributed by atoms with van der Waals surface area (Å²) in [5, 5.41) is 13.8. The minimum atomic E-state index is -4.12. The van der Waals surface area contributed by atoms with E-state index in [9.17, 15) is 19.3 Å². The second-order valence-corrected chi connectivity index (χ2v) is 15.8. The van der Waals surface area contributed by atoms with Crippen molar-refractivity contribution in [2.45, 2.75) is 91.0 Å². The summed E-state index contributed by atoms with van der Waals surface area (Å²) < 4.78 is 59.4. The van der Waals surface area contributed by atoms with E-state index in [0.717, 1.165) is 36.6 Å². The number of aliphatic hydroxyl groups is 1. The normalized spacial score (nSPS) is 21.8. The molecule has 3 unspecified atom stereocenters. The van der Waals surface area contributed by atoms with Crippen LogP contribution in [0.25, 0.3) is 11.2 Å². The predicted molar refractivity (Wildman–Crippen MR) is 189 cm³/mol. The molecule has 3 heterocycles. The van der Waals surface area contributed by atoms with Crippen molar-refractivity contribution in [3.63, 3.8) is 0 Å². The van der Waals surface area contributed by atoms with E-state index in [4.69, 9.17) is 29.0 Å². The fraction of sp³-hybridized carbons (Fsp3) is 0.606. The number of alkyl halides is 1. The summed E-state index contributed by atoms with van der Waals surface area (Å²) in [6.07, 6.45) is -0.472. The smallest absolute Gasteiger partial charge is 0.405 e. The number of carbonyl (C=O) groups is 2. The average molecular weight is 755 g/mol. The number of aromatic nitrogens is 4. The molecule has 18 heteroatoms. The summed E-state index contributed by atoms with van der Waals surface area (Å²) >= 11 is 0.949. The number of carbonyl (C=O) groups excluding carboxylic acids is 2. The number of imidazole rings is 1. The Morgan fingerprint density at radius 1 is 1.20 bits per heavy atom. The molecule has 0 bridgehead atoms. The van der Waals surface area contributed by atoms with E-state index in [1.54, 1.807) is 20.8 Å². The molecule has 0 radical (unpaired) electrons. The van der Waals surface area contributed by atoms with Crippen molar-refractivity contribution in [2.75, 3.05) is 37.9 Å².